The number of para-hydroxylation sites is 1. The molecule has 0 aliphatic carbocycles. The molecule has 0 bridgehead atoms. The monoisotopic (exact) mass is 382 g/mol. The Morgan fingerprint density at radius 1 is 1.19 bits per heavy atom. The average molecular weight is 382 g/mol. The SMILES string of the molecule is CCSc1ccccc1NC(=O)c1cc(-c2ccc(OC(C)C)cc2)on1. The van der Waals surface area contributed by atoms with Crippen LogP contribution in [0.1, 0.15) is 31.3 Å². The van der Waals surface area contributed by atoms with Gasteiger partial charge >= 0.3 is 0 Å². The summed E-state index contributed by atoms with van der Waals surface area (Å²) in [5, 5.41) is 6.81. The molecule has 27 heavy (non-hydrogen) atoms. The van der Waals surface area contributed by atoms with E-state index in [1.165, 1.54) is 0 Å². The largest absolute Gasteiger partial charge is 0.491 e. The predicted molar refractivity (Wildman–Crippen MR) is 108 cm³/mol. The molecule has 1 aromatic heterocycles. The van der Waals surface area contributed by atoms with Gasteiger partial charge in [0.05, 0.1) is 11.8 Å². The Hall–Kier alpha value is -2.73. The lowest BCUT2D eigenvalue weighted by atomic mass is 10.1. The van der Waals surface area contributed by atoms with E-state index in [1.807, 2.05) is 62.4 Å². The zero-order chi connectivity index (χ0) is 19.2. The van der Waals surface area contributed by atoms with Gasteiger partial charge in [-0.3, -0.25) is 4.79 Å². The maximum Gasteiger partial charge on any atom is 0.277 e. The van der Waals surface area contributed by atoms with E-state index in [0.717, 1.165) is 27.6 Å². The number of nitrogens with one attached hydrogen (secondary N) is 1. The third-order valence-corrected chi connectivity index (χ3v) is 4.64. The van der Waals surface area contributed by atoms with Crippen molar-refractivity contribution >= 4 is 23.4 Å². The number of rotatable bonds is 7. The molecule has 0 fully saturated rings. The van der Waals surface area contributed by atoms with Crippen molar-refractivity contribution in [2.24, 2.45) is 0 Å². The maximum absolute atomic E-state index is 12.5. The highest BCUT2D eigenvalue weighted by Crippen LogP contribution is 2.28. The molecule has 0 saturated heterocycles. The molecule has 3 aromatic rings. The second kappa shape index (κ2) is 8.77. The van der Waals surface area contributed by atoms with Gasteiger partial charge in [0, 0.05) is 16.5 Å². The summed E-state index contributed by atoms with van der Waals surface area (Å²) in [5.41, 5.74) is 1.84. The zero-order valence-corrected chi connectivity index (χ0v) is 16.4. The van der Waals surface area contributed by atoms with Crippen LogP contribution >= 0.6 is 11.8 Å². The van der Waals surface area contributed by atoms with Crippen LogP contribution in [0.2, 0.25) is 0 Å². The molecule has 3 rings (SSSR count). The minimum absolute atomic E-state index is 0.116. The Balaban J connectivity index is 1.73. The van der Waals surface area contributed by atoms with Gasteiger partial charge in [0.1, 0.15) is 5.75 Å². The highest BCUT2D eigenvalue weighted by atomic mass is 32.2. The van der Waals surface area contributed by atoms with Crippen LogP contribution in [0.25, 0.3) is 11.3 Å². The van der Waals surface area contributed by atoms with E-state index < -0.39 is 0 Å². The first kappa shape index (κ1) is 19.0. The van der Waals surface area contributed by atoms with Crippen LogP contribution in [0.5, 0.6) is 5.75 Å². The Morgan fingerprint density at radius 3 is 2.63 bits per heavy atom. The van der Waals surface area contributed by atoms with Crippen molar-refractivity contribution in [2.45, 2.75) is 31.8 Å². The second-order valence-corrected chi connectivity index (χ2v) is 7.46. The molecule has 0 aliphatic heterocycles. The summed E-state index contributed by atoms with van der Waals surface area (Å²) >= 11 is 1.68. The van der Waals surface area contributed by atoms with E-state index in [9.17, 15) is 4.79 Å². The molecule has 0 saturated carbocycles. The third kappa shape index (κ3) is 4.92. The summed E-state index contributed by atoms with van der Waals surface area (Å²) in [5.74, 6) is 1.95. The van der Waals surface area contributed by atoms with Crippen molar-refractivity contribution in [3.05, 3.63) is 60.3 Å². The van der Waals surface area contributed by atoms with E-state index in [-0.39, 0.29) is 17.7 Å². The van der Waals surface area contributed by atoms with Crippen molar-refractivity contribution < 1.29 is 14.1 Å². The minimum atomic E-state index is -0.297. The molecular weight excluding hydrogens is 360 g/mol. The van der Waals surface area contributed by atoms with Gasteiger partial charge in [0.2, 0.25) is 0 Å². The van der Waals surface area contributed by atoms with Crippen molar-refractivity contribution in [1.29, 1.82) is 0 Å². The number of ether oxygens (including phenoxy) is 1. The van der Waals surface area contributed by atoms with Gasteiger partial charge in [0.25, 0.3) is 5.91 Å². The molecule has 1 amide bonds. The number of hydrogen-bond donors (Lipinski definition) is 1. The molecule has 0 aliphatic rings. The normalized spacial score (nSPS) is 10.8. The van der Waals surface area contributed by atoms with E-state index >= 15 is 0 Å². The van der Waals surface area contributed by atoms with E-state index in [2.05, 4.69) is 17.4 Å². The Bertz CT molecular complexity index is 904. The molecule has 0 spiro atoms. The average Bonchev–Trinajstić information content (AvgIpc) is 3.14. The smallest absolute Gasteiger partial charge is 0.277 e. The number of amides is 1. The first-order valence-electron chi connectivity index (χ1n) is 8.83. The Labute approximate surface area is 163 Å². The molecule has 140 valence electrons. The predicted octanol–water partition coefficient (Wildman–Crippen LogP) is 5.49. The molecule has 6 heteroatoms. The summed E-state index contributed by atoms with van der Waals surface area (Å²) in [6.45, 7) is 6.03. The van der Waals surface area contributed by atoms with Gasteiger partial charge in [-0.2, -0.15) is 0 Å². The van der Waals surface area contributed by atoms with Crippen molar-refractivity contribution in [3.8, 4) is 17.1 Å². The van der Waals surface area contributed by atoms with E-state index in [1.54, 1.807) is 17.8 Å². The van der Waals surface area contributed by atoms with Crippen LogP contribution in [-0.2, 0) is 0 Å². The number of carbonyl (C=O) groups is 1. The first-order chi connectivity index (χ1) is 13.1. The summed E-state index contributed by atoms with van der Waals surface area (Å²) in [6, 6.07) is 16.9. The second-order valence-electron chi connectivity index (χ2n) is 6.15. The summed E-state index contributed by atoms with van der Waals surface area (Å²) in [7, 11) is 0. The number of hydrogen-bond acceptors (Lipinski definition) is 5. The number of nitrogens with zero attached hydrogens (tertiary/aromatic N) is 1. The number of thioether (sulfide) groups is 1. The summed E-state index contributed by atoms with van der Waals surface area (Å²) in [4.78, 5) is 13.6. The van der Waals surface area contributed by atoms with Gasteiger partial charge in [0.15, 0.2) is 11.5 Å². The molecule has 5 nitrogen and oxygen atoms in total. The van der Waals surface area contributed by atoms with Crippen LogP contribution in [0.3, 0.4) is 0 Å². The highest BCUT2D eigenvalue weighted by Gasteiger charge is 2.15. The highest BCUT2D eigenvalue weighted by molar-refractivity contribution is 7.99. The van der Waals surface area contributed by atoms with E-state index in [4.69, 9.17) is 9.26 Å². The lowest BCUT2D eigenvalue weighted by Crippen LogP contribution is -2.12. The number of benzene rings is 2. The molecule has 2 aromatic carbocycles. The standard InChI is InChI=1S/C21H22N2O3S/c1-4-27-20-8-6-5-7-17(20)22-21(24)18-13-19(26-23-18)15-9-11-16(12-10-15)25-14(2)3/h5-14H,4H2,1-3H3,(H,22,24). The fourth-order valence-corrected chi connectivity index (χ4v) is 3.29. The van der Waals surface area contributed by atoms with Crippen molar-refractivity contribution in [1.82, 2.24) is 5.16 Å². The van der Waals surface area contributed by atoms with Crippen LogP contribution in [0.4, 0.5) is 5.69 Å². The lowest BCUT2D eigenvalue weighted by Gasteiger charge is -2.09. The number of aromatic nitrogens is 1. The van der Waals surface area contributed by atoms with Gasteiger partial charge < -0.3 is 14.6 Å². The van der Waals surface area contributed by atoms with Gasteiger partial charge in [-0.15, -0.1) is 11.8 Å². The van der Waals surface area contributed by atoms with Gasteiger partial charge in [-0.05, 0) is 56.0 Å². The van der Waals surface area contributed by atoms with Crippen molar-refractivity contribution in [3.63, 3.8) is 0 Å². The molecule has 1 N–H and O–H groups in total. The zero-order valence-electron chi connectivity index (χ0n) is 15.6. The summed E-state index contributed by atoms with van der Waals surface area (Å²) in [6.07, 6.45) is 0.116. The number of anilines is 1. The van der Waals surface area contributed by atoms with Crippen LogP contribution in [0.15, 0.2) is 64.0 Å². The summed E-state index contributed by atoms with van der Waals surface area (Å²) < 4.78 is 11.0. The molecule has 0 unspecified atom stereocenters. The maximum atomic E-state index is 12.5. The quantitative estimate of drug-likeness (QED) is 0.547. The van der Waals surface area contributed by atoms with Gasteiger partial charge in [-0.1, -0.05) is 24.2 Å². The first-order valence-corrected chi connectivity index (χ1v) is 9.82. The third-order valence-electron chi connectivity index (χ3n) is 3.69. The molecule has 0 radical (unpaired) electrons. The molecule has 1 heterocycles. The fourth-order valence-electron chi connectivity index (χ4n) is 2.53. The molecular formula is C21H22N2O3S. The lowest BCUT2D eigenvalue weighted by molar-refractivity contribution is 0.101. The van der Waals surface area contributed by atoms with Crippen LogP contribution in [-0.4, -0.2) is 22.9 Å². The Morgan fingerprint density at radius 2 is 1.93 bits per heavy atom. The number of carbonyl (C=O) groups excluding carboxylic acids is 1. The minimum Gasteiger partial charge on any atom is -0.491 e. The van der Waals surface area contributed by atoms with Crippen LogP contribution < -0.4 is 10.1 Å². The van der Waals surface area contributed by atoms with Crippen molar-refractivity contribution in [2.75, 3.05) is 11.1 Å². The molecule has 0 atom stereocenters. The fraction of sp³-hybridized carbons (Fsp3) is 0.238. The van der Waals surface area contributed by atoms with Crippen LogP contribution in [0, 0.1) is 0 Å². The van der Waals surface area contributed by atoms with E-state index in [0.29, 0.717) is 5.76 Å². The topological polar surface area (TPSA) is 64.4 Å². The van der Waals surface area contributed by atoms with Gasteiger partial charge in [-0.25, -0.2) is 0 Å². The Kier molecular flexibility index (Phi) is 6.19.